The Balaban J connectivity index is 2.06. The summed E-state index contributed by atoms with van der Waals surface area (Å²) in [5.41, 5.74) is 2.14. The first-order valence-corrected chi connectivity index (χ1v) is 7.23. The van der Waals surface area contributed by atoms with Crippen LogP contribution < -0.4 is 10.6 Å². The van der Waals surface area contributed by atoms with Crippen molar-refractivity contribution in [2.45, 2.75) is 58.0 Å². The number of benzene rings is 1. The standard InChI is InChI=1S/C16H24N2O/c1-11(2)13-8-4-5-9-14(13)18-16(19)15-10-6-7-12(3)17-15/h4-5,8-9,11-12,15,17H,6-7,10H2,1-3H3,(H,18,19). The summed E-state index contributed by atoms with van der Waals surface area (Å²) in [4.78, 5) is 12.3. The number of carbonyl (C=O) groups is 1. The molecule has 0 radical (unpaired) electrons. The van der Waals surface area contributed by atoms with Crippen LogP contribution in [0.2, 0.25) is 0 Å². The number of anilines is 1. The largest absolute Gasteiger partial charge is 0.324 e. The van der Waals surface area contributed by atoms with E-state index in [4.69, 9.17) is 0 Å². The van der Waals surface area contributed by atoms with Gasteiger partial charge in [-0.1, -0.05) is 32.0 Å². The van der Waals surface area contributed by atoms with Crippen LogP contribution >= 0.6 is 0 Å². The number of amides is 1. The van der Waals surface area contributed by atoms with Gasteiger partial charge in [-0.05, 0) is 43.7 Å². The normalized spacial score (nSPS) is 23.4. The average Bonchev–Trinajstić information content (AvgIpc) is 2.39. The first-order chi connectivity index (χ1) is 9.08. The smallest absolute Gasteiger partial charge is 0.241 e. The topological polar surface area (TPSA) is 41.1 Å². The molecule has 0 aromatic heterocycles. The van der Waals surface area contributed by atoms with Crippen molar-refractivity contribution in [3.05, 3.63) is 29.8 Å². The highest BCUT2D eigenvalue weighted by molar-refractivity contribution is 5.95. The number of hydrogen-bond acceptors (Lipinski definition) is 2. The highest BCUT2D eigenvalue weighted by Gasteiger charge is 2.24. The Morgan fingerprint density at radius 3 is 2.74 bits per heavy atom. The van der Waals surface area contributed by atoms with Crippen LogP contribution in [0.15, 0.2) is 24.3 Å². The van der Waals surface area contributed by atoms with Crippen LogP contribution in [0.4, 0.5) is 5.69 Å². The Morgan fingerprint density at radius 2 is 2.05 bits per heavy atom. The molecule has 19 heavy (non-hydrogen) atoms. The third-order valence-corrected chi connectivity index (χ3v) is 3.77. The SMILES string of the molecule is CC1CCCC(C(=O)Nc2ccccc2C(C)C)N1. The molecule has 0 bridgehead atoms. The number of hydrogen-bond donors (Lipinski definition) is 2. The lowest BCUT2D eigenvalue weighted by molar-refractivity contribution is -0.118. The summed E-state index contributed by atoms with van der Waals surface area (Å²) >= 11 is 0. The van der Waals surface area contributed by atoms with Gasteiger partial charge in [0.1, 0.15) is 0 Å². The molecule has 104 valence electrons. The second-order valence-corrected chi connectivity index (χ2v) is 5.78. The van der Waals surface area contributed by atoms with Crippen molar-refractivity contribution in [2.75, 3.05) is 5.32 Å². The maximum atomic E-state index is 12.3. The third-order valence-electron chi connectivity index (χ3n) is 3.77. The van der Waals surface area contributed by atoms with Gasteiger partial charge in [-0.15, -0.1) is 0 Å². The minimum atomic E-state index is -0.0519. The van der Waals surface area contributed by atoms with Gasteiger partial charge in [-0.3, -0.25) is 4.79 Å². The van der Waals surface area contributed by atoms with Crippen LogP contribution in [-0.4, -0.2) is 18.0 Å². The summed E-state index contributed by atoms with van der Waals surface area (Å²) in [5, 5.41) is 6.45. The molecule has 1 aliphatic rings. The number of carbonyl (C=O) groups excluding carboxylic acids is 1. The molecule has 1 aliphatic heterocycles. The lowest BCUT2D eigenvalue weighted by Crippen LogP contribution is -2.47. The quantitative estimate of drug-likeness (QED) is 0.875. The number of rotatable bonds is 3. The lowest BCUT2D eigenvalue weighted by atomic mass is 9.98. The van der Waals surface area contributed by atoms with Crippen molar-refractivity contribution in [1.29, 1.82) is 0 Å². The van der Waals surface area contributed by atoms with E-state index in [0.717, 1.165) is 24.9 Å². The van der Waals surface area contributed by atoms with Crippen molar-refractivity contribution < 1.29 is 4.79 Å². The first-order valence-electron chi connectivity index (χ1n) is 7.23. The minimum absolute atomic E-state index is 0.0519. The predicted molar refractivity (Wildman–Crippen MR) is 79.4 cm³/mol. The maximum Gasteiger partial charge on any atom is 0.241 e. The molecule has 1 fully saturated rings. The second-order valence-electron chi connectivity index (χ2n) is 5.78. The molecule has 1 amide bonds. The minimum Gasteiger partial charge on any atom is -0.324 e. The van der Waals surface area contributed by atoms with E-state index in [1.54, 1.807) is 0 Å². The van der Waals surface area contributed by atoms with E-state index in [2.05, 4.69) is 37.5 Å². The third kappa shape index (κ3) is 3.57. The van der Waals surface area contributed by atoms with Gasteiger partial charge in [0.15, 0.2) is 0 Å². The monoisotopic (exact) mass is 260 g/mol. The van der Waals surface area contributed by atoms with E-state index in [1.807, 2.05) is 18.2 Å². The molecule has 1 aromatic carbocycles. The summed E-state index contributed by atoms with van der Waals surface area (Å²) in [7, 11) is 0. The number of nitrogens with one attached hydrogen (secondary N) is 2. The van der Waals surface area contributed by atoms with Crippen LogP contribution in [0.1, 0.15) is 51.5 Å². The summed E-state index contributed by atoms with van der Waals surface area (Å²) in [5.74, 6) is 0.509. The molecular formula is C16H24N2O. The van der Waals surface area contributed by atoms with Gasteiger partial charge >= 0.3 is 0 Å². The predicted octanol–water partition coefficient (Wildman–Crippen LogP) is 3.28. The molecule has 0 saturated carbocycles. The molecule has 1 heterocycles. The van der Waals surface area contributed by atoms with Gasteiger partial charge in [-0.2, -0.15) is 0 Å². The fraction of sp³-hybridized carbons (Fsp3) is 0.562. The fourth-order valence-electron chi connectivity index (χ4n) is 2.68. The summed E-state index contributed by atoms with van der Waals surface area (Å²) in [6.45, 7) is 6.43. The Kier molecular flexibility index (Phi) is 4.59. The summed E-state index contributed by atoms with van der Waals surface area (Å²) < 4.78 is 0. The molecule has 2 unspecified atom stereocenters. The Morgan fingerprint density at radius 1 is 1.32 bits per heavy atom. The average molecular weight is 260 g/mol. The molecule has 0 aliphatic carbocycles. The molecule has 2 atom stereocenters. The van der Waals surface area contributed by atoms with Crippen LogP contribution in [0.25, 0.3) is 0 Å². The van der Waals surface area contributed by atoms with E-state index in [-0.39, 0.29) is 11.9 Å². The van der Waals surface area contributed by atoms with Crippen LogP contribution in [0.5, 0.6) is 0 Å². The Hall–Kier alpha value is -1.35. The molecule has 0 spiro atoms. The summed E-state index contributed by atoms with van der Waals surface area (Å²) in [6.07, 6.45) is 3.21. The van der Waals surface area contributed by atoms with Crippen LogP contribution in [-0.2, 0) is 4.79 Å². The maximum absolute atomic E-state index is 12.3. The van der Waals surface area contributed by atoms with E-state index >= 15 is 0 Å². The van der Waals surface area contributed by atoms with Gasteiger partial charge in [0.05, 0.1) is 6.04 Å². The van der Waals surface area contributed by atoms with Crippen LogP contribution in [0.3, 0.4) is 0 Å². The number of para-hydroxylation sites is 1. The van der Waals surface area contributed by atoms with E-state index in [9.17, 15) is 4.79 Å². The van der Waals surface area contributed by atoms with E-state index < -0.39 is 0 Å². The lowest BCUT2D eigenvalue weighted by Gasteiger charge is -2.28. The van der Waals surface area contributed by atoms with Gasteiger partial charge in [-0.25, -0.2) is 0 Å². The highest BCUT2D eigenvalue weighted by Crippen LogP contribution is 2.24. The van der Waals surface area contributed by atoms with Crippen LogP contribution in [0, 0.1) is 0 Å². The summed E-state index contributed by atoms with van der Waals surface area (Å²) in [6, 6.07) is 8.44. The number of piperidine rings is 1. The Labute approximate surface area is 115 Å². The molecule has 3 heteroatoms. The van der Waals surface area contributed by atoms with Gasteiger partial charge in [0.2, 0.25) is 5.91 Å². The van der Waals surface area contributed by atoms with Gasteiger partial charge in [0, 0.05) is 11.7 Å². The van der Waals surface area contributed by atoms with Gasteiger partial charge in [0.25, 0.3) is 0 Å². The van der Waals surface area contributed by atoms with Gasteiger partial charge < -0.3 is 10.6 Å². The molecular weight excluding hydrogens is 236 g/mol. The fourth-order valence-corrected chi connectivity index (χ4v) is 2.68. The second kappa shape index (κ2) is 6.20. The zero-order valence-electron chi connectivity index (χ0n) is 12.1. The molecule has 1 saturated heterocycles. The first kappa shape index (κ1) is 14.1. The van der Waals surface area contributed by atoms with E-state index in [0.29, 0.717) is 12.0 Å². The zero-order valence-corrected chi connectivity index (χ0v) is 12.1. The van der Waals surface area contributed by atoms with Crippen molar-refractivity contribution in [3.8, 4) is 0 Å². The Bertz CT molecular complexity index is 442. The van der Waals surface area contributed by atoms with Crippen molar-refractivity contribution >= 4 is 11.6 Å². The zero-order chi connectivity index (χ0) is 13.8. The molecule has 1 aromatic rings. The highest BCUT2D eigenvalue weighted by atomic mass is 16.2. The van der Waals surface area contributed by atoms with E-state index in [1.165, 1.54) is 5.56 Å². The van der Waals surface area contributed by atoms with Crippen molar-refractivity contribution in [2.24, 2.45) is 0 Å². The van der Waals surface area contributed by atoms with Crippen molar-refractivity contribution in [1.82, 2.24) is 5.32 Å². The van der Waals surface area contributed by atoms with Crippen molar-refractivity contribution in [3.63, 3.8) is 0 Å². The molecule has 3 nitrogen and oxygen atoms in total. The molecule has 2 N–H and O–H groups in total. The molecule has 2 rings (SSSR count).